The van der Waals surface area contributed by atoms with Crippen LogP contribution in [-0.2, 0) is 0 Å². The van der Waals surface area contributed by atoms with Gasteiger partial charge in [0.1, 0.15) is 0 Å². The van der Waals surface area contributed by atoms with Crippen LogP contribution in [0.5, 0.6) is 0 Å². The topological polar surface area (TPSA) is 23.5 Å². The molecule has 2 nitrogen and oxygen atoms in total. The van der Waals surface area contributed by atoms with E-state index in [2.05, 4.69) is 51.0 Å². The molecule has 1 atom stereocenters. The molecule has 0 spiro atoms. The summed E-state index contributed by atoms with van der Waals surface area (Å²) in [6, 6.07) is 7.05. The summed E-state index contributed by atoms with van der Waals surface area (Å²) >= 11 is 0. The lowest BCUT2D eigenvalue weighted by atomic mass is 9.97. The van der Waals surface area contributed by atoms with E-state index in [1.165, 1.54) is 16.7 Å². The first-order valence-corrected chi connectivity index (χ1v) is 5.90. The number of aliphatic hydroxyl groups excluding tert-OH is 1. The van der Waals surface area contributed by atoms with Crippen LogP contribution in [0.25, 0.3) is 0 Å². The highest BCUT2D eigenvalue weighted by atomic mass is 16.2. The molecule has 0 saturated heterocycles. The van der Waals surface area contributed by atoms with Gasteiger partial charge in [-0.1, -0.05) is 18.2 Å². The molecule has 16 heavy (non-hydrogen) atoms. The van der Waals surface area contributed by atoms with Crippen LogP contribution in [0.2, 0.25) is 0 Å². The zero-order chi connectivity index (χ0) is 12.1. The van der Waals surface area contributed by atoms with E-state index in [9.17, 15) is 0 Å². The van der Waals surface area contributed by atoms with Crippen molar-refractivity contribution < 1.29 is 5.11 Å². The molecule has 0 amide bonds. The van der Waals surface area contributed by atoms with Crippen LogP contribution in [0.4, 0.5) is 0 Å². The number of hydrogen-bond donors (Lipinski definition) is 1. The summed E-state index contributed by atoms with van der Waals surface area (Å²) in [6.07, 6.45) is 1.86. The van der Waals surface area contributed by atoms with E-state index >= 15 is 0 Å². The lowest BCUT2D eigenvalue weighted by molar-refractivity contribution is 0.235. The van der Waals surface area contributed by atoms with E-state index in [1.807, 2.05) is 0 Å². The maximum Gasteiger partial charge on any atom is 0.0431 e. The molecule has 90 valence electrons. The fourth-order valence-electron chi connectivity index (χ4n) is 1.98. The normalized spacial score (nSPS) is 13.1. The third-order valence-electron chi connectivity index (χ3n) is 3.17. The summed E-state index contributed by atoms with van der Waals surface area (Å²) in [4.78, 5) is 2.22. The Hall–Kier alpha value is -0.860. The van der Waals surface area contributed by atoms with Crippen molar-refractivity contribution in [2.45, 2.75) is 32.7 Å². The van der Waals surface area contributed by atoms with Crippen LogP contribution in [0.3, 0.4) is 0 Å². The van der Waals surface area contributed by atoms with Crippen molar-refractivity contribution in [3.8, 4) is 0 Å². The van der Waals surface area contributed by atoms with Gasteiger partial charge in [0.2, 0.25) is 0 Å². The van der Waals surface area contributed by atoms with E-state index in [0.29, 0.717) is 6.04 Å². The molecule has 0 aliphatic rings. The Labute approximate surface area is 98.9 Å². The molecule has 0 heterocycles. The monoisotopic (exact) mass is 221 g/mol. The highest BCUT2D eigenvalue weighted by molar-refractivity contribution is 5.31. The molecule has 2 heteroatoms. The number of rotatable bonds is 5. The number of benzene rings is 1. The minimum Gasteiger partial charge on any atom is -0.396 e. The Kier molecular flexibility index (Phi) is 4.97. The van der Waals surface area contributed by atoms with Crippen molar-refractivity contribution >= 4 is 0 Å². The Morgan fingerprint density at radius 3 is 2.38 bits per heavy atom. The van der Waals surface area contributed by atoms with Crippen LogP contribution in [0.15, 0.2) is 18.2 Å². The molecule has 0 aliphatic heterocycles. The summed E-state index contributed by atoms with van der Waals surface area (Å²) < 4.78 is 0. The van der Waals surface area contributed by atoms with Crippen molar-refractivity contribution in [2.24, 2.45) is 0 Å². The van der Waals surface area contributed by atoms with Gasteiger partial charge < -0.3 is 10.0 Å². The Morgan fingerprint density at radius 2 is 1.88 bits per heavy atom. The van der Waals surface area contributed by atoms with E-state index in [4.69, 9.17) is 5.11 Å². The Bertz CT molecular complexity index is 334. The van der Waals surface area contributed by atoms with Gasteiger partial charge >= 0.3 is 0 Å². The van der Waals surface area contributed by atoms with Gasteiger partial charge in [-0.15, -0.1) is 0 Å². The van der Waals surface area contributed by atoms with E-state index < -0.39 is 0 Å². The number of hydrogen-bond acceptors (Lipinski definition) is 2. The summed E-state index contributed by atoms with van der Waals surface area (Å²) in [7, 11) is 4.19. The molecule has 1 aromatic rings. The minimum atomic E-state index is 0.273. The SMILES string of the molecule is Cc1ccc(C(CCCO)N(C)C)cc1C. The molecule has 0 bridgehead atoms. The predicted octanol–water partition coefficient (Wildman–Crippen LogP) is 2.68. The number of aliphatic hydroxyl groups is 1. The molecule has 1 unspecified atom stereocenters. The standard InChI is InChI=1S/C14H23NO/c1-11-7-8-13(10-12(11)2)14(15(3)4)6-5-9-16/h7-8,10,14,16H,5-6,9H2,1-4H3. The highest BCUT2D eigenvalue weighted by Crippen LogP contribution is 2.25. The molecular weight excluding hydrogens is 198 g/mol. The van der Waals surface area contributed by atoms with Crippen molar-refractivity contribution in [1.82, 2.24) is 4.90 Å². The third kappa shape index (κ3) is 3.32. The van der Waals surface area contributed by atoms with Crippen LogP contribution in [0.1, 0.15) is 35.6 Å². The van der Waals surface area contributed by atoms with Crippen LogP contribution < -0.4 is 0 Å². The van der Waals surface area contributed by atoms with Gasteiger partial charge in [0.05, 0.1) is 0 Å². The zero-order valence-corrected chi connectivity index (χ0v) is 10.8. The van der Waals surface area contributed by atoms with Gasteiger partial charge in [-0.3, -0.25) is 0 Å². The van der Waals surface area contributed by atoms with E-state index in [1.54, 1.807) is 0 Å². The maximum absolute atomic E-state index is 8.92. The number of aryl methyl sites for hydroxylation is 2. The second-order valence-electron chi connectivity index (χ2n) is 4.69. The third-order valence-corrected chi connectivity index (χ3v) is 3.17. The Balaban J connectivity index is 2.88. The molecule has 0 radical (unpaired) electrons. The van der Waals surface area contributed by atoms with Crippen molar-refractivity contribution in [1.29, 1.82) is 0 Å². The second-order valence-corrected chi connectivity index (χ2v) is 4.69. The van der Waals surface area contributed by atoms with Gasteiger partial charge in [0.25, 0.3) is 0 Å². The quantitative estimate of drug-likeness (QED) is 0.826. The van der Waals surface area contributed by atoms with Crippen LogP contribution in [0, 0.1) is 13.8 Å². The smallest absolute Gasteiger partial charge is 0.0431 e. The van der Waals surface area contributed by atoms with Crippen molar-refractivity contribution in [3.63, 3.8) is 0 Å². The van der Waals surface area contributed by atoms with Gasteiger partial charge in [-0.2, -0.15) is 0 Å². The molecule has 1 aromatic carbocycles. The molecule has 0 aliphatic carbocycles. The second kappa shape index (κ2) is 6.02. The molecule has 0 fully saturated rings. The highest BCUT2D eigenvalue weighted by Gasteiger charge is 2.13. The lowest BCUT2D eigenvalue weighted by Gasteiger charge is -2.25. The van der Waals surface area contributed by atoms with E-state index in [-0.39, 0.29) is 6.61 Å². The van der Waals surface area contributed by atoms with Crippen LogP contribution in [-0.4, -0.2) is 30.7 Å². The molecule has 1 N–H and O–H groups in total. The molecule has 1 rings (SSSR count). The predicted molar refractivity (Wildman–Crippen MR) is 68.7 cm³/mol. The molecule has 0 aromatic heterocycles. The van der Waals surface area contributed by atoms with E-state index in [0.717, 1.165) is 12.8 Å². The number of nitrogens with zero attached hydrogens (tertiary/aromatic N) is 1. The average molecular weight is 221 g/mol. The maximum atomic E-state index is 8.92. The van der Waals surface area contributed by atoms with Crippen molar-refractivity contribution in [3.05, 3.63) is 34.9 Å². The van der Waals surface area contributed by atoms with Crippen LogP contribution >= 0.6 is 0 Å². The first-order chi connectivity index (χ1) is 7.56. The fraction of sp³-hybridized carbons (Fsp3) is 0.571. The van der Waals surface area contributed by atoms with Gasteiger partial charge in [-0.25, -0.2) is 0 Å². The first-order valence-electron chi connectivity index (χ1n) is 5.90. The summed E-state index contributed by atoms with van der Waals surface area (Å²) in [5, 5.41) is 8.92. The largest absolute Gasteiger partial charge is 0.396 e. The van der Waals surface area contributed by atoms with Gasteiger partial charge in [0, 0.05) is 12.6 Å². The average Bonchev–Trinajstić information content (AvgIpc) is 2.23. The Morgan fingerprint density at radius 1 is 1.19 bits per heavy atom. The minimum absolute atomic E-state index is 0.273. The van der Waals surface area contributed by atoms with Gasteiger partial charge in [0.15, 0.2) is 0 Å². The summed E-state index contributed by atoms with van der Waals surface area (Å²) in [5.41, 5.74) is 4.03. The molecular formula is C14H23NO. The lowest BCUT2D eigenvalue weighted by Crippen LogP contribution is -2.20. The first kappa shape index (κ1) is 13.2. The fourth-order valence-corrected chi connectivity index (χ4v) is 1.98. The van der Waals surface area contributed by atoms with Crippen molar-refractivity contribution in [2.75, 3.05) is 20.7 Å². The molecule has 0 saturated carbocycles. The zero-order valence-electron chi connectivity index (χ0n) is 10.8. The summed E-state index contributed by atoms with van der Waals surface area (Å²) in [5.74, 6) is 0. The summed E-state index contributed by atoms with van der Waals surface area (Å²) in [6.45, 7) is 4.56. The van der Waals surface area contributed by atoms with Gasteiger partial charge in [-0.05, 0) is 57.5 Å².